The van der Waals surface area contributed by atoms with Gasteiger partial charge in [0.15, 0.2) is 0 Å². The minimum Gasteiger partial charge on any atom is -0.381 e. The second kappa shape index (κ2) is 7.29. The van der Waals surface area contributed by atoms with Crippen molar-refractivity contribution < 1.29 is 17.9 Å². The van der Waals surface area contributed by atoms with E-state index in [4.69, 9.17) is 9.47 Å². The highest BCUT2D eigenvalue weighted by atomic mass is 32.2. The van der Waals surface area contributed by atoms with Gasteiger partial charge in [0.2, 0.25) is 10.0 Å². The van der Waals surface area contributed by atoms with Gasteiger partial charge in [-0.15, -0.1) is 0 Å². The Hall–Kier alpha value is -0.960. The number of nitrogens with zero attached hydrogens (tertiary/aromatic N) is 3. The minimum absolute atomic E-state index is 0.206. The summed E-state index contributed by atoms with van der Waals surface area (Å²) >= 11 is 0. The summed E-state index contributed by atoms with van der Waals surface area (Å²) in [5.41, 5.74) is 0.942. The summed E-state index contributed by atoms with van der Waals surface area (Å²) in [4.78, 5) is 0. The van der Waals surface area contributed by atoms with E-state index in [0.29, 0.717) is 32.9 Å². The molecule has 0 amide bonds. The molecule has 0 radical (unpaired) electrons. The first-order valence-corrected chi connectivity index (χ1v) is 9.89. The summed E-state index contributed by atoms with van der Waals surface area (Å²) in [6.45, 7) is 5.38. The lowest BCUT2D eigenvalue weighted by molar-refractivity contribution is -0.00292. The Kier molecular flexibility index (Phi) is 5.35. The molecule has 2 saturated heterocycles. The van der Waals surface area contributed by atoms with Crippen molar-refractivity contribution in [2.45, 2.75) is 32.4 Å². The van der Waals surface area contributed by atoms with Crippen LogP contribution in [-0.2, 0) is 26.0 Å². The highest BCUT2D eigenvalue weighted by molar-refractivity contribution is 7.89. The second-order valence-corrected chi connectivity index (χ2v) is 8.19. The minimum atomic E-state index is -3.25. The van der Waals surface area contributed by atoms with Gasteiger partial charge in [-0.3, -0.25) is 4.68 Å². The number of morpholine rings is 1. The van der Waals surface area contributed by atoms with Crippen molar-refractivity contribution in [3.05, 3.63) is 18.0 Å². The van der Waals surface area contributed by atoms with Gasteiger partial charge in [0.05, 0.1) is 24.7 Å². The van der Waals surface area contributed by atoms with E-state index in [1.165, 1.54) is 0 Å². The van der Waals surface area contributed by atoms with Crippen molar-refractivity contribution in [1.82, 2.24) is 14.1 Å². The van der Waals surface area contributed by atoms with Gasteiger partial charge in [0.25, 0.3) is 0 Å². The molecule has 3 rings (SSSR count). The Labute approximate surface area is 137 Å². The second-order valence-electron chi connectivity index (χ2n) is 6.18. The average molecular weight is 343 g/mol. The van der Waals surface area contributed by atoms with Crippen molar-refractivity contribution in [1.29, 1.82) is 0 Å². The number of ether oxygens (including phenoxy) is 2. The van der Waals surface area contributed by atoms with E-state index in [2.05, 4.69) is 5.10 Å². The highest BCUT2D eigenvalue weighted by Crippen LogP contribution is 2.25. The molecule has 2 fully saturated rings. The largest absolute Gasteiger partial charge is 0.381 e. The lowest BCUT2D eigenvalue weighted by Crippen LogP contribution is -2.44. The Morgan fingerprint density at radius 3 is 2.78 bits per heavy atom. The van der Waals surface area contributed by atoms with Crippen LogP contribution in [0, 0.1) is 5.92 Å². The third-order valence-electron chi connectivity index (χ3n) is 4.56. The van der Waals surface area contributed by atoms with Crippen molar-refractivity contribution >= 4 is 10.0 Å². The van der Waals surface area contributed by atoms with E-state index in [1.54, 1.807) is 10.5 Å². The monoisotopic (exact) mass is 343 g/mol. The van der Waals surface area contributed by atoms with Crippen LogP contribution in [0.1, 0.15) is 31.4 Å². The number of hydrogen-bond acceptors (Lipinski definition) is 5. The SMILES string of the molecule is CCn1cc([C@H]2CN(S(=O)(=O)CC3CCOCC3)CCO2)cn1. The van der Waals surface area contributed by atoms with Gasteiger partial charge in [0.1, 0.15) is 0 Å². The average Bonchev–Trinajstić information content (AvgIpc) is 3.05. The van der Waals surface area contributed by atoms with Gasteiger partial charge in [0, 0.05) is 44.6 Å². The Bertz CT molecular complexity index is 610. The zero-order chi connectivity index (χ0) is 16.3. The molecule has 0 bridgehead atoms. The van der Waals surface area contributed by atoms with Crippen molar-refractivity contribution in [3.63, 3.8) is 0 Å². The smallest absolute Gasteiger partial charge is 0.214 e. The molecule has 0 aromatic carbocycles. The molecule has 2 aliphatic heterocycles. The molecule has 1 aromatic heterocycles. The number of aromatic nitrogens is 2. The van der Waals surface area contributed by atoms with E-state index >= 15 is 0 Å². The number of aryl methyl sites for hydroxylation is 1. The number of hydrogen-bond donors (Lipinski definition) is 0. The summed E-state index contributed by atoms with van der Waals surface area (Å²) in [5, 5.41) is 4.25. The van der Waals surface area contributed by atoms with Crippen LogP contribution < -0.4 is 0 Å². The van der Waals surface area contributed by atoms with Gasteiger partial charge in [-0.25, -0.2) is 8.42 Å². The topological polar surface area (TPSA) is 73.7 Å². The van der Waals surface area contributed by atoms with Gasteiger partial charge in [-0.05, 0) is 25.7 Å². The maximum atomic E-state index is 12.7. The van der Waals surface area contributed by atoms with Crippen LogP contribution in [0.25, 0.3) is 0 Å². The van der Waals surface area contributed by atoms with Crippen LogP contribution in [0.15, 0.2) is 12.4 Å². The van der Waals surface area contributed by atoms with E-state index in [0.717, 1.165) is 24.9 Å². The number of sulfonamides is 1. The molecule has 0 spiro atoms. The molecule has 1 atom stereocenters. The van der Waals surface area contributed by atoms with Gasteiger partial charge >= 0.3 is 0 Å². The number of rotatable bonds is 5. The quantitative estimate of drug-likeness (QED) is 0.798. The van der Waals surface area contributed by atoms with Crippen molar-refractivity contribution in [2.75, 3.05) is 38.7 Å². The molecule has 0 N–H and O–H groups in total. The van der Waals surface area contributed by atoms with Crippen LogP contribution in [0.5, 0.6) is 0 Å². The van der Waals surface area contributed by atoms with Crippen LogP contribution in [0.2, 0.25) is 0 Å². The zero-order valence-corrected chi connectivity index (χ0v) is 14.4. The molecule has 130 valence electrons. The third kappa shape index (κ3) is 4.12. The lowest BCUT2D eigenvalue weighted by atomic mass is 10.0. The van der Waals surface area contributed by atoms with E-state index in [-0.39, 0.29) is 17.8 Å². The molecule has 7 nitrogen and oxygen atoms in total. The van der Waals surface area contributed by atoms with Crippen LogP contribution in [0.4, 0.5) is 0 Å². The summed E-state index contributed by atoms with van der Waals surface area (Å²) < 4.78 is 39.9. The van der Waals surface area contributed by atoms with Gasteiger partial charge < -0.3 is 9.47 Å². The molecule has 1 aromatic rings. The van der Waals surface area contributed by atoms with Crippen molar-refractivity contribution in [3.8, 4) is 0 Å². The van der Waals surface area contributed by atoms with E-state index in [1.807, 2.05) is 17.8 Å². The normalized spacial score (nSPS) is 24.8. The molecule has 2 aliphatic rings. The fraction of sp³-hybridized carbons (Fsp3) is 0.800. The maximum Gasteiger partial charge on any atom is 0.214 e. The predicted molar refractivity (Wildman–Crippen MR) is 85.5 cm³/mol. The standard InChI is InChI=1S/C15H25N3O4S/c1-2-17-10-14(9-16-17)15-11-18(5-8-22-15)23(19,20)12-13-3-6-21-7-4-13/h9-10,13,15H,2-8,11-12H2,1H3/t15-/m1/s1. The fourth-order valence-corrected chi connectivity index (χ4v) is 4.97. The fourth-order valence-electron chi connectivity index (χ4n) is 3.12. The van der Waals surface area contributed by atoms with E-state index in [9.17, 15) is 8.42 Å². The molecular formula is C15H25N3O4S. The summed E-state index contributed by atoms with van der Waals surface area (Å²) in [5.74, 6) is 0.426. The lowest BCUT2D eigenvalue weighted by Gasteiger charge is -2.33. The maximum absolute atomic E-state index is 12.7. The predicted octanol–water partition coefficient (Wildman–Crippen LogP) is 1.03. The van der Waals surface area contributed by atoms with E-state index < -0.39 is 10.0 Å². The molecule has 0 saturated carbocycles. The summed E-state index contributed by atoms with van der Waals surface area (Å²) in [6, 6.07) is 0. The van der Waals surface area contributed by atoms with Crippen molar-refractivity contribution in [2.24, 2.45) is 5.92 Å². The molecular weight excluding hydrogens is 318 g/mol. The Morgan fingerprint density at radius 2 is 2.09 bits per heavy atom. The summed E-state index contributed by atoms with van der Waals surface area (Å²) in [7, 11) is -3.25. The first kappa shape index (κ1) is 16.9. The summed E-state index contributed by atoms with van der Waals surface area (Å²) in [6.07, 6.45) is 5.13. The van der Waals surface area contributed by atoms with Gasteiger partial charge in [-0.1, -0.05) is 0 Å². The molecule has 3 heterocycles. The Morgan fingerprint density at radius 1 is 1.30 bits per heavy atom. The molecule has 23 heavy (non-hydrogen) atoms. The highest BCUT2D eigenvalue weighted by Gasteiger charge is 2.33. The first-order chi connectivity index (χ1) is 11.1. The van der Waals surface area contributed by atoms with Crippen LogP contribution >= 0.6 is 0 Å². The first-order valence-electron chi connectivity index (χ1n) is 8.28. The molecule has 8 heteroatoms. The molecule has 0 aliphatic carbocycles. The van der Waals surface area contributed by atoms with Gasteiger partial charge in [-0.2, -0.15) is 9.40 Å². The Balaban J connectivity index is 1.64. The van der Waals surface area contributed by atoms with Crippen LogP contribution in [0.3, 0.4) is 0 Å². The third-order valence-corrected chi connectivity index (χ3v) is 6.57. The zero-order valence-electron chi connectivity index (χ0n) is 13.6. The molecule has 0 unspecified atom stereocenters. The van der Waals surface area contributed by atoms with Crippen LogP contribution in [-0.4, -0.2) is 61.2 Å².